The van der Waals surface area contributed by atoms with Crippen molar-refractivity contribution in [1.29, 1.82) is 0 Å². The van der Waals surface area contributed by atoms with E-state index in [9.17, 15) is 4.79 Å². The normalized spacial score (nSPS) is 20.9. The summed E-state index contributed by atoms with van der Waals surface area (Å²) in [6, 6.07) is 4.18. The molecule has 1 atom stereocenters. The number of amides is 1. The molecule has 5 nitrogen and oxygen atoms in total. The molecule has 1 aromatic heterocycles. The van der Waals surface area contributed by atoms with Crippen molar-refractivity contribution in [2.45, 2.75) is 19.5 Å². The summed E-state index contributed by atoms with van der Waals surface area (Å²) in [5.74, 6) is 0.958. The predicted molar refractivity (Wildman–Crippen MR) is 69.1 cm³/mol. The van der Waals surface area contributed by atoms with Crippen LogP contribution >= 0.6 is 0 Å². The number of hydrogen-bond acceptors (Lipinski definition) is 4. The van der Waals surface area contributed by atoms with Crippen LogP contribution in [-0.2, 0) is 11.3 Å². The summed E-state index contributed by atoms with van der Waals surface area (Å²) in [5, 5.41) is 3.37. The van der Waals surface area contributed by atoms with Gasteiger partial charge in [-0.3, -0.25) is 9.69 Å². The Labute approximate surface area is 108 Å². The predicted octanol–water partition coefficient (Wildman–Crippen LogP) is 0.532. The first-order valence-electron chi connectivity index (χ1n) is 6.37. The topological polar surface area (TPSA) is 48.7 Å². The van der Waals surface area contributed by atoms with Gasteiger partial charge in [0, 0.05) is 32.7 Å². The van der Waals surface area contributed by atoms with E-state index in [1.807, 2.05) is 19.2 Å². The minimum atomic E-state index is 0.139. The Bertz CT molecular complexity index is 378. The molecule has 0 unspecified atom stereocenters. The third-order valence-corrected chi connectivity index (χ3v) is 3.21. The van der Waals surface area contributed by atoms with Crippen LogP contribution in [0.3, 0.4) is 0 Å². The lowest BCUT2D eigenvalue weighted by Crippen LogP contribution is -2.51. The van der Waals surface area contributed by atoms with Crippen LogP contribution in [0.2, 0.25) is 0 Å². The van der Waals surface area contributed by atoms with Gasteiger partial charge in [0.05, 0.1) is 19.4 Å². The molecular weight excluding hydrogens is 230 g/mol. The molecule has 18 heavy (non-hydrogen) atoms. The average Bonchev–Trinajstić information content (AvgIpc) is 2.81. The van der Waals surface area contributed by atoms with E-state index >= 15 is 0 Å². The standard InChI is InChI=1S/C13H21N3O2/c1-11-8-16(6-5-14-11)10-13(17)15(2)9-12-4-3-7-18-12/h3-4,7,11,14H,5-6,8-10H2,1-2H3/t11-/m0/s1. The summed E-state index contributed by atoms with van der Waals surface area (Å²) in [4.78, 5) is 16.0. The quantitative estimate of drug-likeness (QED) is 0.848. The maximum absolute atomic E-state index is 12.1. The van der Waals surface area contributed by atoms with E-state index in [4.69, 9.17) is 4.42 Å². The highest BCUT2D eigenvalue weighted by Crippen LogP contribution is 2.05. The van der Waals surface area contributed by atoms with Gasteiger partial charge in [-0.2, -0.15) is 0 Å². The van der Waals surface area contributed by atoms with Crippen molar-refractivity contribution in [3.63, 3.8) is 0 Å². The van der Waals surface area contributed by atoms with Gasteiger partial charge < -0.3 is 14.6 Å². The van der Waals surface area contributed by atoms with Crippen molar-refractivity contribution in [3.8, 4) is 0 Å². The molecule has 5 heteroatoms. The van der Waals surface area contributed by atoms with Gasteiger partial charge in [-0.15, -0.1) is 0 Å². The highest BCUT2D eigenvalue weighted by atomic mass is 16.3. The van der Waals surface area contributed by atoms with Crippen molar-refractivity contribution in [2.24, 2.45) is 0 Å². The first-order chi connectivity index (χ1) is 8.65. The first kappa shape index (κ1) is 13.1. The lowest BCUT2D eigenvalue weighted by atomic mass is 10.2. The number of piperazine rings is 1. The maximum atomic E-state index is 12.1. The van der Waals surface area contributed by atoms with Gasteiger partial charge in [-0.05, 0) is 19.1 Å². The second kappa shape index (κ2) is 6.02. The average molecular weight is 251 g/mol. The number of carbonyl (C=O) groups excluding carboxylic acids is 1. The van der Waals surface area contributed by atoms with Gasteiger partial charge >= 0.3 is 0 Å². The number of rotatable bonds is 4. The van der Waals surface area contributed by atoms with Gasteiger partial charge in [0.15, 0.2) is 0 Å². The molecule has 0 radical (unpaired) electrons. The van der Waals surface area contributed by atoms with E-state index in [1.165, 1.54) is 0 Å². The minimum Gasteiger partial charge on any atom is -0.467 e. The molecule has 1 amide bonds. The van der Waals surface area contributed by atoms with Crippen LogP contribution in [0.4, 0.5) is 0 Å². The summed E-state index contributed by atoms with van der Waals surface area (Å²) >= 11 is 0. The fraction of sp³-hybridized carbons (Fsp3) is 0.615. The van der Waals surface area contributed by atoms with Crippen LogP contribution in [0.15, 0.2) is 22.8 Å². The number of nitrogens with zero attached hydrogens (tertiary/aromatic N) is 2. The smallest absolute Gasteiger partial charge is 0.236 e. The van der Waals surface area contributed by atoms with Gasteiger partial charge in [-0.25, -0.2) is 0 Å². The summed E-state index contributed by atoms with van der Waals surface area (Å²) < 4.78 is 5.24. The lowest BCUT2D eigenvalue weighted by molar-refractivity contribution is -0.132. The first-order valence-corrected chi connectivity index (χ1v) is 6.37. The van der Waals surface area contributed by atoms with E-state index in [2.05, 4.69) is 17.1 Å². The van der Waals surface area contributed by atoms with Crippen LogP contribution in [0.25, 0.3) is 0 Å². The van der Waals surface area contributed by atoms with Crippen molar-refractivity contribution in [2.75, 3.05) is 33.2 Å². The molecule has 0 aliphatic carbocycles. The molecule has 1 aliphatic heterocycles. The van der Waals surface area contributed by atoms with E-state index in [0.29, 0.717) is 19.1 Å². The Kier molecular flexibility index (Phi) is 4.38. The SMILES string of the molecule is C[C@H]1CN(CC(=O)N(C)Cc2ccco2)CCN1. The molecule has 1 N–H and O–H groups in total. The molecule has 1 aromatic rings. The number of nitrogens with one attached hydrogen (secondary N) is 1. The summed E-state index contributed by atoms with van der Waals surface area (Å²) in [6.07, 6.45) is 1.63. The van der Waals surface area contributed by atoms with Crippen molar-refractivity contribution in [3.05, 3.63) is 24.2 Å². The Morgan fingerprint density at radius 2 is 2.50 bits per heavy atom. The molecule has 1 fully saturated rings. The van der Waals surface area contributed by atoms with E-state index < -0.39 is 0 Å². The zero-order valence-electron chi connectivity index (χ0n) is 11.1. The van der Waals surface area contributed by atoms with Gasteiger partial charge in [0.1, 0.15) is 5.76 Å². The third-order valence-electron chi connectivity index (χ3n) is 3.21. The monoisotopic (exact) mass is 251 g/mol. The minimum absolute atomic E-state index is 0.139. The molecule has 2 heterocycles. The van der Waals surface area contributed by atoms with Gasteiger partial charge in [0.2, 0.25) is 5.91 Å². The van der Waals surface area contributed by atoms with Crippen LogP contribution in [0.1, 0.15) is 12.7 Å². The highest BCUT2D eigenvalue weighted by Gasteiger charge is 2.20. The van der Waals surface area contributed by atoms with Crippen molar-refractivity contribution < 1.29 is 9.21 Å². The second-order valence-electron chi connectivity index (χ2n) is 4.92. The van der Waals surface area contributed by atoms with Crippen LogP contribution in [-0.4, -0.2) is 55.0 Å². The van der Waals surface area contributed by atoms with Crippen LogP contribution < -0.4 is 5.32 Å². The Morgan fingerprint density at radius 1 is 1.67 bits per heavy atom. The van der Waals surface area contributed by atoms with E-state index in [0.717, 1.165) is 25.4 Å². The maximum Gasteiger partial charge on any atom is 0.236 e. The van der Waals surface area contributed by atoms with Gasteiger partial charge in [0.25, 0.3) is 0 Å². The molecule has 1 saturated heterocycles. The fourth-order valence-corrected chi connectivity index (χ4v) is 2.19. The fourth-order valence-electron chi connectivity index (χ4n) is 2.19. The highest BCUT2D eigenvalue weighted by molar-refractivity contribution is 5.77. The third kappa shape index (κ3) is 3.58. The second-order valence-corrected chi connectivity index (χ2v) is 4.92. The van der Waals surface area contributed by atoms with Gasteiger partial charge in [-0.1, -0.05) is 0 Å². The zero-order valence-corrected chi connectivity index (χ0v) is 11.1. The molecule has 1 aliphatic rings. The van der Waals surface area contributed by atoms with E-state index in [1.54, 1.807) is 11.2 Å². The zero-order chi connectivity index (χ0) is 13.0. The molecule has 2 rings (SSSR count). The van der Waals surface area contributed by atoms with E-state index in [-0.39, 0.29) is 5.91 Å². The molecule has 100 valence electrons. The Hall–Kier alpha value is -1.33. The number of furan rings is 1. The summed E-state index contributed by atoms with van der Waals surface area (Å²) in [5.41, 5.74) is 0. The summed E-state index contributed by atoms with van der Waals surface area (Å²) in [7, 11) is 1.82. The molecule has 0 bridgehead atoms. The Morgan fingerprint density at radius 3 is 3.17 bits per heavy atom. The Balaban J connectivity index is 1.79. The lowest BCUT2D eigenvalue weighted by Gasteiger charge is -2.32. The molecule has 0 saturated carbocycles. The number of likely N-dealkylation sites (N-methyl/N-ethyl adjacent to an activating group) is 1. The van der Waals surface area contributed by atoms with Crippen molar-refractivity contribution in [1.82, 2.24) is 15.1 Å². The number of carbonyl (C=O) groups is 1. The number of hydrogen-bond donors (Lipinski definition) is 1. The molecule has 0 spiro atoms. The van der Waals surface area contributed by atoms with Crippen molar-refractivity contribution >= 4 is 5.91 Å². The summed E-state index contributed by atoms with van der Waals surface area (Å²) in [6.45, 7) is 5.99. The molecule has 0 aromatic carbocycles. The largest absolute Gasteiger partial charge is 0.467 e. The van der Waals surface area contributed by atoms with Crippen LogP contribution in [0, 0.1) is 0 Å². The van der Waals surface area contributed by atoms with Crippen LogP contribution in [0.5, 0.6) is 0 Å². The molecular formula is C13H21N3O2.